The molecule has 2 heterocycles. The molecule has 2 rings (SSSR count). The van der Waals surface area contributed by atoms with Gasteiger partial charge in [-0.15, -0.1) is 0 Å². The van der Waals surface area contributed by atoms with Crippen molar-refractivity contribution >= 4 is 17.3 Å². The Morgan fingerprint density at radius 2 is 2.28 bits per heavy atom. The van der Waals surface area contributed by atoms with E-state index in [1.54, 1.807) is 29.2 Å². The summed E-state index contributed by atoms with van der Waals surface area (Å²) in [6, 6.07) is 3.47. The maximum atomic E-state index is 11.7. The van der Waals surface area contributed by atoms with Crippen LogP contribution >= 0.6 is 0 Å². The van der Waals surface area contributed by atoms with Gasteiger partial charge in [-0.3, -0.25) is 14.5 Å². The highest BCUT2D eigenvalue weighted by Crippen LogP contribution is 2.07. The SMILES string of the molecule is CCn1cc(NC(=O)Cc2ccc(N)cn2)cn1. The lowest BCUT2D eigenvalue weighted by Gasteiger charge is -2.02. The number of hydrogen-bond donors (Lipinski definition) is 2. The van der Waals surface area contributed by atoms with E-state index in [4.69, 9.17) is 5.73 Å². The monoisotopic (exact) mass is 245 g/mol. The van der Waals surface area contributed by atoms with Crippen LogP contribution < -0.4 is 11.1 Å². The van der Waals surface area contributed by atoms with Gasteiger partial charge in [0.05, 0.1) is 30.2 Å². The molecule has 0 aliphatic heterocycles. The first-order valence-corrected chi connectivity index (χ1v) is 5.70. The quantitative estimate of drug-likeness (QED) is 0.843. The van der Waals surface area contributed by atoms with Crippen molar-refractivity contribution in [1.29, 1.82) is 0 Å². The van der Waals surface area contributed by atoms with Crippen LogP contribution in [0.15, 0.2) is 30.7 Å². The smallest absolute Gasteiger partial charge is 0.230 e. The molecule has 0 saturated heterocycles. The Bertz CT molecular complexity index is 532. The molecular formula is C12H15N5O. The van der Waals surface area contributed by atoms with Gasteiger partial charge in [-0.25, -0.2) is 0 Å². The average molecular weight is 245 g/mol. The van der Waals surface area contributed by atoms with Crippen molar-refractivity contribution in [2.24, 2.45) is 0 Å². The molecule has 6 nitrogen and oxygen atoms in total. The lowest BCUT2D eigenvalue weighted by molar-refractivity contribution is -0.115. The summed E-state index contributed by atoms with van der Waals surface area (Å²) >= 11 is 0. The predicted octanol–water partition coefficient (Wildman–Crippen LogP) is 1.06. The average Bonchev–Trinajstić information content (AvgIpc) is 2.79. The molecule has 0 atom stereocenters. The molecule has 0 aliphatic carbocycles. The third kappa shape index (κ3) is 3.07. The number of aromatic nitrogens is 3. The summed E-state index contributed by atoms with van der Waals surface area (Å²) in [5, 5.41) is 6.84. The number of amides is 1. The van der Waals surface area contributed by atoms with Crippen LogP contribution in [0.25, 0.3) is 0 Å². The second kappa shape index (κ2) is 5.31. The van der Waals surface area contributed by atoms with Gasteiger partial charge in [0, 0.05) is 18.4 Å². The Morgan fingerprint density at radius 1 is 1.44 bits per heavy atom. The minimum Gasteiger partial charge on any atom is -0.397 e. The molecule has 2 aromatic heterocycles. The minimum absolute atomic E-state index is 0.122. The molecule has 0 saturated carbocycles. The van der Waals surface area contributed by atoms with E-state index in [0.29, 0.717) is 17.1 Å². The maximum absolute atomic E-state index is 11.7. The van der Waals surface area contributed by atoms with Gasteiger partial charge in [-0.1, -0.05) is 0 Å². The standard InChI is InChI=1S/C12H15N5O/c1-2-17-8-11(7-15-17)16-12(18)5-10-4-3-9(13)6-14-10/h3-4,6-8H,2,5,13H2,1H3,(H,16,18). The van der Waals surface area contributed by atoms with Gasteiger partial charge in [0.15, 0.2) is 0 Å². The normalized spacial score (nSPS) is 10.3. The van der Waals surface area contributed by atoms with Gasteiger partial charge in [0.2, 0.25) is 5.91 Å². The predicted molar refractivity (Wildman–Crippen MR) is 68.9 cm³/mol. The van der Waals surface area contributed by atoms with E-state index in [2.05, 4.69) is 15.4 Å². The first-order chi connectivity index (χ1) is 8.67. The van der Waals surface area contributed by atoms with Crippen LogP contribution in [0.5, 0.6) is 0 Å². The summed E-state index contributed by atoms with van der Waals surface area (Å²) in [5.74, 6) is -0.122. The molecule has 1 amide bonds. The number of carbonyl (C=O) groups is 1. The fourth-order valence-electron chi connectivity index (χ4n) is 1.51. The number of pyridine rings is 1. The third-order valence-corrected chi connectivity index (χ3v) is 2.43. The van der Waals surface area contributed by atoms with E-state index < -0.39 is 0 Å². The third-order valence-electron chi connectivity index (χ3n) is 2.43. The number of nitrogens with zero attached hydrogens (tertiary/aromatic N) is 3. The van der Waals surface area contributed by atoms with E-state index in [-0.39, 0.29) is 12.3 Å². The molecule has 0 aromatic carbocycles. The summed E-state index contributed by atoms with van der Waals surface area (Å²) < 4.78 is 1.75. The Morgan fingerprint density at radius 3 is 2.89 bits per heavy atom. The van der Waals surface area contributed by atoms with Crippen LogP contribution in [0, 0.1) is 0 Å². The van der Waals surface area contributed by atoms with Crippen molar-refractivity contribution in [1.82, 2.24) is 14.8 Å². The first kappa shape index (κ1) is 12.1. The molecule has 0 radical (unpaired) electrons. The van der Waals surface area contributed by atoms with Crippen molar-refractivity contribution in [3.63, 3.8) is 0 Å². The number of nitrogens with two attached hydrogens (primary N) is 1. The summed E-state index contributed by atoms with van der Waals surface area (Å²) in [6.07, 6.45) is 5.17. The van der Waals surface area contributed by atoms with Crippen molar-refractivity contribution in [3.05, 3.63) is 36.4 Å². The number of rotatable bonds is 4. The number of anilines is 2. The van der Waals surface area contributed by atoms with E-state index in [0.717, 1.165) is 6.54 Å². The minimum atomic E-state index is -0.122. The van der Waals surface area contributed by atoms with Crippen LogP contribution in [0.2, 0.25) is 0 Å². The summed E-state index contributed by atoms with van der Waals surface area (Å²) in [5.41, 5.74) is 7.49. The molecule has 0 fully saturated rings. The molecule has 2 aromatic rings. The lowest BCUT2D eigenvalue weighted by Crippen LogP contribution is -2.14. The van der Waals surface area contributed by atoms with E-state index in [1.807, 2.05) is 6.92 Å². The molecule has 94 valence electrons. The molecule has 0 aliphatic rings. The summed E-state index contributed by atoms with van der Waals surface area (Å²) in [7, 11) is 0. The lowest BCUT2D eigenvalue weighted by atomic mass is 10.2. The maximum Gasteiger partial charge on any atom is 0.230 e. The van der Waals surface area contributed by atoms with Gasteiger partial charge < -0.3 is 11.1 Å². The topological polar surface area (TPSA) is 85.8 Å². The zero-order valence-electron chi connectivity index (χ0n) is 10.1. The molecule has 3 N–H and O–H groups in total. The molecule has 18 heavy (non-hydrogen) atoms. The van der Waals surface area contributed by atoms with Crippen molar-refractivity contribution < 1.29 is 4.79 Å². The Kier molecular flexibility index (Phi) is 3.57. The molecule has 6 heteroatoms. The van der Waals surface area contributed by atoms with Crippen molar-refractivity contribution in [2.45, 2.75) is 19.9 Å². The van der Waals surface area contributed by atoms with Gasteiger partial charge >= 0.3 is 0 Å². The Hall–Kier alpha value is -2.37. The second-order valence-electron chi connectivity index (χ2n) is 3.89. The number of hydrogen-bond acceptors (Lipinski definition) is 4. The fraction of sp³-hybridized carbons (Fsp3) is 0.250. The highest BCUT2D eigenvalue weighted by atomic mass is 16.1. The van der Waals surface area contributed by atoms with Crippen molar-refractivity contribution in [3.8, 4) is 0 Å². The zero-order chi connectivity index (χ0) is 13.0. The molecule has 0 bridgehead atoms. The Labute approximate surface area is 105 Å². The van der Waals surface area contributed by atoms with Gasteiger partial charge in [0.25, 0.3) is 0 Å². The number of carbonyl (C=O) groups excluding carboxylic acids is 1. The summed E-state index contributed by atoms with van der Waals surface area (Å²) in [6.45, 7) is 2.76. The summed E-state index contributed by atoms with van der Waals surface area (Å²) in [4.78, 5) is 15.8. The molecular weight excluding hydrogens is 230 g/mol. The van der Waals surface area contributed by atoms with E-state index >= 15 is 0 Å². The second-order valence-corrected chi connectivity index (χ2v) is 3.89. The van der Waals surface area contributed by atoms with Crippen LogP contribution in [0.4, 0.5) is 11.4 Å². The number of aryl methyl sites for hydroxylation is 1. The van der Waals surface area contributed by atoms with Gasteiger partial charge in [-0.05, 0) is 19.1 Å². The number of nitrogens with one attached hydrogen (secondary N) is 1. The van der Waals surface area contributed by atoms with E-state index in [1.165, 1.54) is 6.20 Å². The highest BCUT2D eigenvalue weighted by Gasteiger charge is 2.06. The molecule has 0 unspecified atom stereocenters. The fourth-order valence-corrected chi connectivity index (χ4v) is 1.51. The first-order valence-electron chi connectivity index (χ1n) is 5.70. The molecule has 0 spiro atoms. The van der Waals surface area contributed by atoms with Crippen LogP contribution in [0.1, 0.15) is 12.6 Å². The van der Waals surface area contributed by atoms with Crippen molar-refractivity contribution in [2.75, 3.05) is 11.1 Å². The zero-order valence-corrected chi connectivity index (χ0v) is 10.1. The van der Waals surface area contributed by atoms with Crippen LogP contribution in [-0.4, -0.2) is 20.7 Å². The van der Waals surface area contributed by atoms with E-state index in [9.17, 15) is 4.79 Å². The van der Waals surface area contributed by atoms with Gasteiger partial charge in [0.1, 0.15) is 0 Å². The van der Waals surface area contributed by atoms with Crippen LogP contribution in [-0.2, 0) is 17.8 Å². The largest absolute Gasteiger partial charge is 0.397 e. The van der Waals surface area contributed by atoms with Crippen LogP contribution in [0.3, 0.4) is 0 Å². The highest BCUT2D eigenvalue weighted by molar-refractivity contribution is 5.91. The number of nitrogen functional groups attached to an aromatic ring is 1. The Balaban J connectivity index is 1.94. The van der Waals surface area contributed by atoms with Gasteiger partial charge in [-0.2, -0.15) is 5.10 Å².